The number of nitrogens with zero attached hydrogens (tertiary/aromatic N) is 9. The molecule has 0 aliphatic carbocycles. The summed E-state index contributed by atoms with van der Waals surface area (Å²) in [5.74, 6) is 1.11. The van der Waals surface area contributed by atoms with Gasteiger partial charge in [-0.15, -0.1) is 21.5 Å². The van der Waals surface area contributed by atoms with Gasteiger partial charge in [0.2, 0.25) is 17.8 Å². The van der Waals surface area contributed by atoms with Crippen LogP contribution in [0, 0.1) is 26.6 Å². The number of aromatic hydroxyl groups is 1. The van der Waals surface area contributed by atoms with Crippen LogP contribution in [0.4, 0.5) is 16.2 Å². The molecular weight excluding hydrogens is 987 g/mol. The van der Waals surface area contributed by atoms with Gasteiger partial charge in [-0.3, -0.25) is 19.1 Å². The molecule has 9 rings (SSSR count). The van der Waals surface area contributed by atoms with E-state index in [1.165, 1.54) is 17.0 Å². The Balaban J connectivity index is 0.881. The highest BCUT2D eigenvalue weighted by molar-refractivity contribution is 7.15. The van der Waals surface area contributed by atoms with Gasteiger partial charge < -0.3 is 29.9 Å². The van der Waals surface area contributed by atoms with Crippen LogP contribution in [0.3, 0.4) is 0 Å². The number of amides is 2. The minimum absolute atomic E-state index is 0.0189. The van der Waals surface area contributed by atoms with E-state index in [9.17, 15) is 14.7 Å². The Morgan fingerprint density at radius 2 is 1.74 bits per heavy atom. The van der Waals surface area contributed by atoms with E-state index in [-0.39, 0.29) is 40.1 Å². The van der Waals surface area contributed by atoms with E-state index in [1.54, 1.807) is 34.6 Å². The molecule has 2 N–H and O–H groups in total. The van der Waals surface area contributed by atoms with Gasteiger partial charge >= 0.3 is 0 Å². The van der Waals surface area contributed by atoms with Gasteiger partial charge in [0, 0.05) is 77.9 Å². The van der Waals surface area contributed by atoms with Crippen LogP contribution in [0.1, 0.15) is 79.3 Å². The maximum atomic E-state index is 17.3. The molecule has 0 spiro atoms. The molecule has 0 radical (unpaired) electrons. The molecule has 3 aromatic heterocycles. The number of phenols is 1. The third-order valence-electron chi connectivity index (χ3n) is 13.6. The molecule has 2 aliphatic rings. The lowest BCUT2D eigenvalue weighted by Crippen LogP contribution is -2.48. The average molecular weight is 1040 g/mol. The summed E-state index contributed by atoms with van der Waals surface area (Å²) in [5, 5.41) is 26.3. The molecule has 0 bridgehead atoms. The highest BCUT2D eigenvalue weighted by Gasteiger charge is 2.33. The molecule has 0 saturated carbocycles. The Hall–Kier alpha value is -6.72. The molecule has 1 unspecified atom stereocenters. The SMILES string of the molecule is C=CC(=O)N1CCN(c2nc(N(C)CCC(C)(C)OCC/C(C)=C/NC(=O)CC3N=C(c4ccc(Cl)cc4)c4c(sc(C)c4C)-n4c(C)nnc43)nc3c(F)c(-c4cc(O)cc5ccccc45)c(Cl)cc23)CC1. The van der Waals surface area contributed by atoms with Gasteiger partial charge in [0.25, 0.3) is 0 Å². The number of ether oxygens (including phenoxy) is 1. The number of rotatable bonds is 15. The zero-order chi connectivity index (χ0) is 51.9. The van der Waals surface area contributed by atoms with E-state index >= 15 is 4.39 Å². The number of phenolic OH excluding ortho intramolecular Hbond substituents is 1. The fraction of sp³-hybridized carbons (Fsp3) is 0.327. The largest absolute Gasteiger partial charge is 0.508 e. The normalized spacial score (nSPS) is 15.0. The predicted molar refractivity (Wildman–Crippen MR) is 290 cm³/mol. The number of aromatic nitrogens is 5. The zero-order valence-corrected chi connectivity index (χ0v) is 44.2. The van der Waals surface area contributed by atoms with Crippen molar-refractivity contribution < 1.29 is 23.8 Å². The number of anilines is 2. The fourth-order valence-corrected chi connectivity index (χ4v) is 11.0. The van der Waals surface area contributed by atoms with Crippen molar-refractivity contribution in [2.24, 2.45) is 4.99 Å². The van der Waals surface area contributed by atoms with E-state index in [2.05, 4.69) is 35.9 Å². The number of carbonyl (C=O) groups excluding carboxylic acids is 2. The van der Waals surface area contributed by atoms with Crippen LogP contribution in [0.2, 0.25) is 10.0 Å². The van der Waals surface area contributed by atoms with Gasteiger partial charge in [-0.05, 0) is 113 Å². The van der Waals surface area contributed by atoms with Crippen molar-refractivity contribution in [3.05, 3.63) is 140 Å². The van der Waals surface area contributed by atoms with Crippen LogP contribution >= 0.6 is 34.5 Å². The number of fused-ring (bicyclic) bond motifs is 5. The number of aliphatic imine (C=N–C) groups is 1. The molecule has 4 aromatic carbocycles. The van der Waals surface area contributed by atoms with Crippen LogP contribution in [0.15, 0.2) is 96.2 Å². The lowest BCUT2D eigenvalue weighted by molar-refractivity contribution is -0.126. The number of nitrogens with one attached hydrogen (secondary N) is 1. The van der Waals surface area contributed by atoms with E-state index in [1.807, 2.05) is 97.6 Å². The van der Waals surface area contributed by atoms with E-state index in [0.29, 0.717) is 85.7 Å². The summed E-state index contributed by atoms with van der Waals surface area (Å²) in [6.45, 7) is 18.3. The highest BCUT2D eigenvalue weighted by atomic mass is 35.5. The Morgan fingerprint density at radius 3 is 2.48 bits per heavy atom. The Bertz CT molecular complexity index is 3360. The summed E-state index contributed by atoms with van der Waals surface area (Å²) < 4.78 is 25.7. The van der Waals surface area contributed by atoms with Gasteiger partial charge in [-0.2, -0.15) is 4.98 Å². The minimum atomic E-state index is -0.636. The fourth-order valence-electron chi connectivity index (χ4n) is 9.34. The van der Waals surface area contributed by atoms with Crippen LogP contribution in [0.5, 0.6) is 5.75 Å². The van der Waals surface area contributed by atoms with Crippen molar-refractivity contribution >= 4 is 85.5 Å². The molecule has 2 amide bonds. The van der Waals surface area contributed by atoms with Crippen molar-refractivity contribution in [3.8, 4) is 21.9 Å². The van der Waals surface area contributed by atoms with Crippen molar-refractivity contribution in [2.75, 3.05) is 56.2 Å². The summed E-state index contributed by atoms with van der Waals surface area (Å²) in [7, 11) is 1.86. The molecular formula is C55H57Cl2FN10O4S. The monoisotopic (exact) mass is 1040 g/mol. The van der Waals surface area contributed by atoms with Crippen molar-refractivity contribution in [1.82, 2.24) is 34.9 Å². The summed E-state index contributed by atoms with van der Waals surface area (Å²) in [4.78, 5) is 48.0. The maximum Gasteiger partial charge on any atom is 0.246 e. The van der Waals surface area contributed by atoms with Crippen molar-refractivity contribution in [2.45, 2.75) is 72.4 Å². The lowest BCUT2D eigenvalue weighted by atomic mass is 9.96. The first-order valence-electron chi connectivity index (χ1n) is 24.2. The number of piperazine rings is 1. The number of hydrogen-bond donors (Lipinski definition) is 2. The molecule has 18 heteroatoms. The van der Waals surface area contributed by atoms with E-state index < -0.39 is 17.5 Å². The van der Waals surface area contributed by atoms with Crippen LogP contribution in [-0.4, -0.2) is 104 Å². The number of benzene rings is 4. The van der Waals surface area contributed by atoms with Crippen LogP contribution in [0.25, 0.3) is 37.8 Å². The number of halogens is 3. The molecule has 1 saturated heterocycles. The lowest BCUT2D eigenvalue weighted by Gasteiger charge is -2.36. The number of thiophene rings is 1. The van der Waals surface area contributed by atoms with E-state index in [0.717, 1.165) is 49.6 Å². The van der Waals surface area contributed by atoms with Crippen molar-refractivity contribution in [3.63, 3.8) is 0 Å². The molecule has 1 fully saturated rings. The summed E-state index contributed by atoms with van der Waals surface area (Å²) in [6, 6.07) is 19.3. The second-order valence-electron chi connectivity index (χ2n) is 19.2. The maximum absolute atomic E-state index is 17.3. The Kier molecular flexibility index (Phi) is 14.7. The van der Waals surface area contributed by atoms with Gasteiger partial charge in [-0.1, -0.05) is 71.8 Å². The van der Waals surface area contributed by atoms with Crippen molar-refractivity contribution in [1.29, 1.82) is 0 Å². The zero-order valence-electron chi connectivity index (χ0n) is 41.9. The molecule has 14 nitrogen and oxygen atoms in total. The first-order chi connectivity index (χ1) is 34.9. The highest BCUT2D eigenvalue weighted by Crippen LogP contribution is 2.43. The Labute approximate surface area is 437 Å². The topological polar surface area (TPSA) is 154 Å². The first kappa shape index (κ1) is 51.2. The van der Waals surface area contributed by atoms with Crippen LogP contribution < -0.4 is 15.1 Å². The smallest absolute Gasteiger partial charge is 0.246 e. The van der Waals surface area contributed by atoms with Gasteiger partial charge in [0.05, 0.1) is 29.4 Å². The molecule has 5 heterocycles. The summed E-state index contributed by atoms with van der Waals surface area (Å²) in [6.07, 6.45) is 4.21. The van der Waals surface area contributed by atoms with Gasteiger partial charge in [0.15, 0.2) is 11.6 Å². The number of hydrogen-bond acceptors (Lipinski definition) is 12. The number of carbonyl (C=O) groups is 2. The van der Waals surface area contributed by atoms with E-state index in [4.69, 9.17) is 42.9 Å². The minimum Gasteiger partial charge on any atom is -0.508 e. The third kappa shape index (κ3) is 10.6. The summed E-state index contributed by atoms with van der Waals surface area (Å²) >= 11 is 14.9. The molecule has 378 valence electrons. The second-order valence-corrected chi connectivity index (χ2v) is 21.3. The first-order valence-corrected chi connectivity index (χ1v) is 25.7. The molecule has 7 aromatic rings. The molecule has 1 atom stereocenters. The predicted octanol–water partition coefficient (Wildman–Crippen LogP) is 11.0. The van der Waals surface area contributed by atoms with Gasteiger partial charge in [-0.25, -0.2) is 9.37 Å². The standard InChI is InChI=1S/C55H57Cl2FN10O4S/c1-9-45(71)66-21-23-67(24-22-66)51-41-28-42(57)47(40-27-38(69)26-36-12-10-11-13-39(36)40)48(58)50(41)61-54(62-51)65(8)20-19-55(6,7)72-25-18-31(2)30-59-44(70)29-43-52-64-63-34(5)68(52)53-46(32(3)33(4)73-53)49(60-43)35-14-16-37(56)17-15-35/h9-17,26-28,30,43,69H,1,18-25,29H2,2-8H3,(H,59,70)/b31-30+. The summed E-state index contributed by atoms with van der Waals surface area (Å²) in [5.41, 5.74) is 4.78. The molecule has 73 heavy (non-hydrogen) atoms. The quantitative estimate of drug-likeness (QED) is 0.0949. The van der Waals surface area contributed by atoms with Crippen LogP contribution in [-0.2, 0) is 14.3 Å². The second kappa shape index (κ2) is 21.0. The number of aryl methyl sites for hydroxylation is 2. The average Bonchev–Trinajstić information content (AvgIpc) is 3.85. The van der Waals surface area contributed by atoms with Gasteiger partial charge in [0.1, 0.15) is 34.0 Å². The molecule has 2 aliphatic heterocycles. The Morgan fingerprint density at radius 1 is 1.00 bits per heavy atom. The third-order valence-corrected chi connectivity index (χ3v) is 15.4.